The van der Waals surface area contributed by atoms with E-state index in [9.17, 15) is 4.79 Å². The molecule has 1 aliphatic rings. The van der Waals surface area contributed by atoms with Gasteiger partial charge in [0.05, 0.1) is 24.4 Å². The minimum atomic E-state index is -0.232. The van der Waals surface area contributed by atoms with E-state index in [0.717, 1.165) is 25.0 Å². The highest BCUT2D eigenvalue weighted by Crippen LogP contribution is 2.27. The molecule has 1 aromatic heterocycles. The summed E-state index contributed by atoms with van der Waals surface area (Å²) in [5.41, 5.74) is 2.39. The summed E-state index contributed by atoms with van der Waals surface area (Å²) in [4.78, 5) is 16.4. The predicted octanol–water partition coefficient (Wildman–Crippen LogP) is 1.20. The Balaban J connectivity index is 1.92. The molecule has 0 saturated heterocycles. The molecule has 2 unspecified atom stereocenters. The lowest BCUT2D eigenvalue weighted by Crippen LogP contribution is -2.45. The number of aromatic nitrogens is 1. The summed E-state index contributed by atoms with van der Waals surface area (Å²) in [6.45, 7) is 2.96. The van der Waals surface area contributed by atoms with Crippen molar-refractivity contribution in [3.8, 4) is 0 Å². The molecular formula is C15H23N3O2. The first kappa shape index (κ1) is 14.9. The van der Waals surface area contributed by atoms with E-state index in [-0.39, 0.29) is 18.0 Å². The van der Waals surface area contributed by atoms with Gasteiger partial charge in [-0.05, 0) is 37.8 Å². The first-order valence-electron chi connectivity index (χ1n) is 7.19. The van der Waals surface area contributed by atoms with Crippen LogP contribution in [-0.2, 0) is 16.0 Å². The first-order valence-corrected chi connectivity index (χ1v) is 7.19. The fraction of sp³-hybridized carbons (Fsp3) is 0.600. The monoisotopic (exact) mass is 277 g/mol. The Morgan fingerprint density at radius 1 is 1.60 bits per heavy atom. The third-order valence-corrected chi connectivity index (χ3v) is 3.64. The zero-order valence-electron chi connectivity index (χ0n) is 12.2. The molecule has 1 heterocycles. The molecule has 5 nitrogen and oxygen atoms in total. The van der Waals surface area contributed by atoms with Crippen molar-refractivity contribution >= 4 is 5.91 Å². The van der Waals surface area contributed by atoms with Gasteiger partial charge in [0.1, 0.15) is 0 Å². The fourth-order valence-electron chi connectivity index (χ4n) is 2.58. The van der Waals surface area contributed by atoms with Gasteiger partial charge in [-0.3, -0.25) is 15.1 Å². The number of nitrogens with one attached hydrogen (secondary N) is 2. The number of pyridine rings is 1. The van der Waals surface area contributed by atoms with Gasteiger partial charge < -0.3 is 10.1 Å². The summed E-state index contributed by atoms with van der Waals surface area (Å²) in [7, 11) is 1.62. The lowest BCUT2D eigenvalue weighted by Gasteiger charge is -2.27. The van der Waals surface area contributed by atoms with E-state index < -0.39 is 0 Å². The van der Waals surface area contributed by atoms with Crippen LogP contribution in [0.25, 0.3) is 0 Å². The van der Waals surface area contributed by atoms with Gasteiger partial charge in [-0.2, -0.15) is 0 Å². The third kappa shape index (κ3) is 3.77. The number of fused-ring (bicyclic) bond motifs is 1. The number of aryl methyl sites for hydroxylation is 1. The van der Waals surface area contributed by atoms with E-state index in [2.05, 4.69) is 21.7 Å². The van der Waals surface area contributed by atoms with Crippen LogP contribution in [0.5, 0.6) is 0 Å². The van der Waals surface area contributed by atoms with Crippen LogP contribution in [0, 0.1) is 0 Å². The highest BCUT2D eigenvalue weighted by Gasteiger charge is 2.24. The largest absolute Gasteiger partial charge is 0.383 e. The van der Waals surface area contributed by atoms with E-state index in [4.69, 9.17) is 4.74 Å². The van der Waals surface area contributed by atoms with E-state index in [1.165, 1.54) is 5.56 Å². The lowest BCUT2D eigenvalue weighted by molar-refractivity contribution is -0.123. The molecule has 1 aliphatic carbocycles. The summed E-state index contributed by atoms with van der Waals surface area (Å²) >= 11 is 0. The maximum absolute atomic E-state index is 12.0. The molecule has 2 atom stereocenters. The standard InChI is InChI=1S/C15H23N3O2/c1-11(15(19)17-9-10-20-2)18-13-7-3-5-12-6-4-8-16-14(12)13/h4,6,8,11,13,18H,3,5,7,9-10H2,1-2H3,(H,17,19). The molecule has 2 rings (SSSR count). The second kappa shape index (κ2) is 7.36. The Morgan fingerprint density at radius 2 is 2.45 bits per heavy atom. The van der Waals surface area contributed by atoms with Crippen LogP contribution in [0.1, 0.15) is 37.1 Å². The molecule has 5 heteroatoms. The molecule has 0 fully saturated rings. The number of amides is 1. The zero-order chi connectivity index (χ0) is 14.4. The van der Waals surface area contributed by atoms with Crippen molar-refractivity contribution < 1.29 is 9.53 Å². The molecule has 110 valence electrons. The molecule has 1 amide bonds. The molecule has 0 saturated carbocycles. The van der Waals surface area contributed by atoms with Gasteiger partial charge in [0.15, 0.2) is 0 Å². The molecule has 0 aliphatic heterocycles. The Hall–Kier alpha value is -1.46. The molecular weight excluding hydrogens is 254 g/mol. The zero-order valence-corrected chi connectivity index (χ0v) is 12.2. The number of carbonyl (C=O) groups is 1. The fourth-order valence-corrected chi connectivity index (χ4v) is 2.58. The van der Waals surface area contributed by atoms with E-state index in [0.29, 0.717) is 13.2 Å². The number of ether oxygens (including phenoxy) is 1. The minimum absolute atomic E-state index is 0.00473. The maximum Gasteiger partial charge on any atom is 0.236 e. The van der Waals surface area contributed by atoms with Crippen LogP contribution in [-0.4, -0.2) is 37.2 Å². The number of hydrogen-bond acceptors (Lipinski definition) is 4. The number of methoxy groups -OCH3 is 1. The van der Waals surface area contributed by atoms with Gasteiger partial charge in [0, 0.05) is 19.9 Å². The second-order valence-electron chi connectivity index (χ2n) is 5.16. The van der Waals surface area contributed by atoms with Crippen LogP contribution < -0.4 is 10.6 Å². The topological polar surface area (TPSA) is 63.2 Å². The first-order chi connectivity index (χ1) is 9.72. The van der Waals surface area contributed by atoms with Gasteiger partial charge >= 0.3 is 0 Å². The molecule has 0 radical (unpaired) electrons. The smallest absolute Gasteiger partial charge is 0.236 e. The van der Waals surface area contributed by atoms with Gasteiger partial charge in [0.25, 0.3) is 0 Å². The lowest BCUT2D eigenvalue weighted by atomic mass is 9.91. The van der Waals surface area contributed by atoms with Crippen molar-refractivity contribution in [3.63, 3.8) is 0 Å². The Morgan fingerprint density at radius 3 is 3.25 bits per heavy atom. The van der Waals surface area contributed by atoms with Gasteiger partial charge in [-0.25, -0.2) is 0 Å². The third-order valence-electron chi connectivity index (χ3n) is 3.64. The predicted molar refractivity (Wildman–Crippen MR) is 77.4 cm³/mol. The molecule has 0 bridgehead atoms. The summed E-state index contributed by atoms with van der Waals surface area (Å²) in [5.74, 6) is 0.00473. The van der Waals surface area contributed by atoms with Gasteiger partial charge in [-0.1, -0.05) is 6.07 Å². The summed E-state index contributed by atoms with van der Waals surface area (Å²) < 4.78 is 4.92. The van der Waals surface area contributed by atoms with Crippen LogP contribution >= 0.6 is 0 Å². The van der Waals surface area contributed by atoms with Gasteiger partial charge in [-0.15, -0.1) is 0 Å². The molecule has 20 heavy (non-hydrogen) atoms. The van der Waals surface area contributed by atoms with Gasteiger partial charge in [0.2, 0.25) is 5.91 Å². The van der Waals surface area contributed by atoms with Crippen molar-refractivity contribution in [3.05, 3.63) is 29.6 Å². The Labute approximate surface area is 120 Å². The van der Waals surface area contributed by atoms with Crippen molar-refractivity contribution in [1.82, 2.24) is 15.6 Å². The number of rotatable bonds is 6. The molecule has 2 N–H and O–H groups in total. The summed E-state index contributed by atoms with van der Waals surface area (Å²) in [6.07, 6.45) is 5.06. The van der Waals surface area contributed by atoms with E-state index in [1.807, 2.05) is 19.2 Å². The Kier molecular flexibility index (Phi) is 5.49. The van der Waals surface area contributed by atoms with Crippen molar-refractivity contribution in [2.24, 2.45) is 0 Å². The van der Waals surface area contributed by atoms with Crippen molar-refractivity contribution in [2.75, 3.05) is 20.3 Å². The van der Waals surface area contributed by atoms with E-state index >= 15 is 0 Å². The van der Waals surface area contributed by atoms with Crippen molar-refractivity contribution in [2.45, 2.75) is 38.3 Å². The minimum Gasteiger partial charge on any atom is -0.383 e. The van der Waals surface area contributed by atoms with Crippen LogP contribution in [0.4, 0.5) is 0 Å². The quantitative estimate of drug-likeness (QED) is 0.767. The molecule has 1 aromatic rings. The summed E-state index contributed by atoms with van der Waals surface area (Å²) in [6, 6.07) is 4.04. The maximum atomic E-state index is 12.0. The Bertz CT molecular complexity index is 450. The number of nitrogens with zero attached hydrogens (tertiary/aromatic N) is 1. The van der Waals surface area contributed by atoms with Crippen LogP contribution in [0.15, 0.2) is 18.3 Å². The average Bonchev–Trinajstić information content (AvgIpc) is 2.47. The van der Waals surface area contributed by atoms with Crippen molar-refractivity contribution in [1.29, 1.82) is 0 Å². The van der Waals surface area contributed by atoms with Crippen LogP contribution in [0.2, 0.25) is 0 Å². The van der Waals surface area contributed by atoms with Crippen LogP contribution in [0.3, 0.4) is 0 Å². The highest BCUT2D eigenvalue weighted by atomic mass is 16.5. The highest BCUT2D eigenvalue weighted by molar-refractivity contribution is 5.81. The average molecular weight is 277 g/mol. The number of hydrogen-bond donors (Lipinski definition) is 2. The second-order valence-corrected chi connectivity index (χ2v) is 5.16. The number of carbonyl (C=O) groups excluding carboxylic acids is 1. The van der Waals surface area contributed by atoms with E-state index in [1.54, 1.807) is 7.11 Å². The SMILES string of the molecule is COCCNC(=O)C(C)NC1CCCc2cccnc21. The summed E-state index contributed by atoms with van der Waals surface area (Å²) in [5, 5.41) is 6.24. The molecule has 0 spiro atoms. The molecule has 0 aromatic carbocycles. The normalized spacial score (nSPS) is 19.2.